The van der Waals surface area contributed by atoms with E-state index in [1.54, 1.807) is 0 Å². The molecule has 4 amide bonds. The van der Waals surface area contributed by atoms with Crippen LogP contribution in [0.25, 0.3) is 0 Å². The standard InChI is InChI=1S/C21H22ClFN2O4.C20H20ClFN2O4/c22-15-9-16(23)18(25-20(27)13-7-3-4-8-14(13)21(25)28)10-17(15)24-11-19(26)29-12-5-1-2-6-12;21-15-13(20(27)28-10-5-1-2-6-10)9-14(16(22)17(15)23)24-18(25)11-7-3-4-8-12(11)19(24)26/h9-10,12,24H,1-8,11H2;9-10H,1-8,23H2. The quantitative estimate of drug-likeness (QED) is 0.151. The number of anilines is 4. The van der Waals surface area contributed by atoms with Crippen LogP contribution in [0, 0.1) is 11.6 Å². The van der Waals surface area contributed by atoms with E-state index in [0.717, 1.165) is 99.0 Å². The average molecular weight is 828 g/mol. The highest BCUT2D eigenvalue weighted by molar-refractivity contribution is 6.38. The number of hydrogen-bond donors (Lipinski definition) is 2. The van der Waals surface area contributed by atoms with Gasteiger partial charge in [0.15, 0.2) is 5.82 Å². The van der Waals surface area contributed by atoms with E-state index in [1.807, 2.05) is 0 Å². The summed E-state index contributed by atoms with van der Waals surface area (Å²) >= 11 is 12.2. The molecule has 8 rings (SSSR count). The minimum Gasteiger partial charge on any atom is -0.461 e. The van der Waals surface area contributed by atoms with Gasteiger partial charge in [-0.25, -0.2) is 23.4 Å². The van der Waals surface area contributed by atoms with Crippen molar-refractivity contribution in [1.82, 2.24) is 0 Å². The first-order valence-corrected chi connectivity index (χ1v) is 20.2. The van der Waals surface area contributed by atoms with Crippen LogP contribution in [0.3, 0.4) is 0 Å². The number of carbonyl (C=O) groups is 6. The van der Waals surface area contributed by atoms with Crippen molar-refractivity contribution in [3.05, 3.63) is 67.7 Å². The number of nitrogens with zero attached hydrogens (tertiary/aromatic N) is 2. The summed E-state index contributed by atoms with van der Waals surface area (Å²) in [6.07, 6.45) is 12.3. The maximum atomic E-state index is 14.9. The van der Waals surface area contributed by atoms with Crippen molar-refractivity contribution in [1.29, 1.82) is 0 Å². The lowest BCUT2D eigenvalue weighted by Gasteiger charge is -2.20. The number of imide groups is 2. The number of rotatable bonds is 8. The van der Waals surface area contributed by atoms with Gasteiger partial charge in [0.05, 0.1) is 38.4 Å². The number of nitrogens with one attached hydrogen (secondary N) is 1. The number of nitrogen functional groups attached to an aromatic ring is 1. The zero-order valence-electron chi connectivity index (χ0n) is 31.2. The Balaban J connectivity index is 0.000000174. The van der Waals surface area contributed by atoms with Crippen molar-refractivity contribution >= 4 is 81.5 Å². The number of benzene rings is 2. The van der Waals surface area contributed by atoms with Gasteiger partial charge in [-0.2, -0.15) is 0 Å². The maximum Gasteiger partial charge on any atom is 0.340 e. The van der Waals surface area contributed by atoms with Crippen LogP contribution in [-0.2, 0) is 33.4 Å². The Morgan fingerprint density at radius 1 is 0.684 bits per heavy atom. The Labute approximate surface area is 337 Å². The molecule has 2 fully saturated rings. The zero-order valence-corrected chi connectivity index (χ0v) is 32.7. The number of halogens is 4. The van der Waals surface area contributed by atoms with Gasteiger partial charge in [0.1, 0.15) is 24.6 Å². The van der Waals surface area contributed by atoms with Crippen molar-refractivity contribution in [2.75, 3.05) is 27.4 Å². The Morgan fingerprint density at radius 2 is 1.14 bits per heavy atom. The minimum absolute atomic E-state index is 0.0525. The van der Waals surface area contributed by atoms with Crippen LogP contribution in [0.2, 0.25) is 10.0 Å². The van der Waals surface area contributed by atoms with Crippen LogP contribution < -0.4 is 20.9 Å². The second-order valence-electron chi connectivity index (χ2n) is 15.0. The monoisotopic (exact) mass is 826 g/mol. The molecule has 0 saturated heterocycles. The van der Waals surface area contributed by atoms with Gasteiger partial charge in [-0.3, -0.25) is 24.0 Å². The van der Waals surface area contributed by atoms with Gasteiger partial charge in [0.25, 0.3) is 23.6 Å². The van der Waals surface area contributed by atoms with Crippen LogP contribution in [0.1, 0.15) is 113 Å². The summed E-state index contributed by atoms with van der Waals surface area (Å²) in [5.41, 5.74) is 6.66. The number of carbonyl (C=O) groups excluding carboxylic acids is 6. The third kappa shape index (κ3) is 8.03. The fourth-order valence-electron chi connectivity index (χ4n) is 8.34. The molecule has 302 valence electrons. The Kier molecular flexibility index (Phi) is 12.0. The predicted octanol–water partition coefficient (Wildman–Crippen LogP) is 8.03. The molecule has 57 heavy (non-hydrogen) atoms. The van der Waals surface area contributed by atoms with Gasteiger partial charge in [0, 0.05) is 22.3 Å². The summed E-state index contributed by atoms with van der Waals surface area (Å²) in [5.74, 6) is -4.99. The fourth-order valence-corrected chi connectivity index (χ4v) is 8.77. The second-order valence-corrected chi connectivity index (χ2v) is 15.8. The van der Waals surface area contributed by atoms with E-state index in [-0.39, 0.29) is 51.4 Å². The molecular weight excluding hydrogens is 785 g/mol. The molecule has 0 spiro atoms. The lowest BCUT2D eigenvalue weighted by atomic mass is 9.93. The molecule has 2 aromatic carbocycles. The normalized spacial score (nSPS) is 19.9. The summed E-state index contributed by atoms with van der Waals surface area (Å²) in [5, 5.41) is 2.61. The molecule has 3 N–H and O–H groups in total. The van der Waals surface area contributed by atoms with Crippen molar-refractivity contribution in [2.45, 2.75) is 115 Å². The van der Waals surface area contributed by atoms with Crippen LogP contribution >= 0.6 is 23.2 Å². The van der Waals surface area contributed by atoms with Gasteiger partial charge in [-0.05, 0) is 121 Å². The average Bonchev–Trinajstić information content (AvgIpc) is 4.01. The molecule has 12 nitrogen and oxygen atoms in total. The van der Waals surface area contributed by atoms with Gasteiger partial charge < -0.3 is 20.5 Å². The smallest absolute Gasteiger partial charge is 0.340 e. The summed E-state index contributed by atoms with van der Waals surface area (Å²) in [6.45, 7) is -0.141. The molecule has 4 aliphatic carbocycles. The highest BCUT2D eigenvalue weighted by atomic mass is 35.5. The Hall–Kier alpha value is -4.82. The van der Waals surface area contributed by atoms with Gasteiger partial charge in [-0.15, -0.1) is 0 Å². The Morgan fingerprint density at radius 3 is 1.63 bits per heavy atom. The van der Waals surface area contributed by atoms with E-state index in [4.69, 9.17) is 38.4 Å². The first kappa shape index (κ1) is 40.4. The molecular formula is C41H42Cl2F2N4O8. The highest BCUT2D eigenvalue weighted by Gasteiger charge is 2.43. The number of amides is 4. The molecule has 0 bridgehead atoms. The summed E-state index contributed by atoms with van der Waals surface area (Å²) in [4.78, 5) is 77.2. The SMILES string of the molecule is Nc1c(F)c(N2C(=O)C3=C(CCCC3)C2=O)cc(C(=O)OC2CCCC2)c1Cl.O=C(CNc1cc(N2C(=O)C3=C(CCCC3)C2=O)c(F)cc1Cl)OC1CCCC1. The van der Waals surface area contributed by atoms with Gasteiger partial charge >= 0.3 is 11.9 Å². The summed E-state index contributed by atoms with van der Waals surface area (Å²) in [6, 6.07) is 3.44. The van der Waals surface area contributed by atoms with E-state index in [1.165, 1.54) is 6.07 Å². The lowest BCUT2D eigenvalue weighted by molar-refractivity contribution is -0.146. The number of esters is 2. The van der Waals surface area contributed by atoms with Crippen LogP contribution in [0.4, 0.5) is 31.5 Å². The van der Waals surface area contributed by atoms with Crippen molar-refractivity contribution in [3.63, 3.8) is 0 Å². The Bertz CT molecular complexity index is 2070. The fraction of sp³-hybridized carbons (Fsp3) is 0.463. The molecule has 0 atom stereocenters. The minimum atomic E-state index is -0.996. The summed E-state index contributed by atoms with van der Waals surface area (Å²) < 4.78 is 40.3. The largest absolute Gasteiger partial charge is 0.461 e. The first-order chi connectivity index (χ1) is 27.3. The van der Waals surface area contributed by atoms with Crippen molar-refractivity contribution < 1.29 is 47.0 Å². The highest BCUT2D eigenvalue weighted by Crippen LogP contribution is 2.42. The molecule has 2 heterocycles. The lowest BCUT2D eigenvalue weighted by Crippen LogP contribution is -2.33. The van der Waals surface area contributed by atoms with E-state index in [0.29, 0.717) is 48.0 Å². The molecule has 16 heteroatoms. The van der Waals surface area contributed by atoms with Crippen LogP contribution in [0.5, 0.6) is 0 Å². The van der Waals surface area contributed by atoms with E-state index >= 15 is 0 Å². The molecule has 2 saturated carbocycles. The van der Waals surface area contributed by atoms with Crippen molar-refractivity contribution in [3.8, 4) is 0 Å². The zero-order chi connectivity index (χ0) is 40.5. The third-order valence-corrected chi connectivity index (χ3v) is 12.1. The molecule has 0 unspecified atom stereocenters. The predicted molar refractivity (Wildman–Crippen MR) is 208 cm³/mol. The maximum absolute atomic E-state index is 14.9. The number of ether oxygens (including phenoxy) is 2. The first-order valence-electron chi connectivity index (χ1n) is 19.5. The molecule has 6 aliphatic rings. The van der Waals surface area contributed by atoms with Crippen LogP contribution in [0.15, 0.2) is 40.5 Å². The van der Waals surface area contributed by atoms with Gasteiger partial charge in [0.2, 0.25) is 0 Å². The second kappa shape index (κ2) is 17.0. The summed E-state index contributed by atoms with van der Waals surface area (Å²) in [7, 11) is 0. The topological polar surface area (TPSA) is 165 Å². The van der Waals surface area contributed by atoms with Gasteiger partial charge in [-0.1, -0.05) is 23.2 Å². The van der Waals surface area contributed by atoms with E-state index in [9.17, 15) is 37.5 Å². The molecule has 2 aromatic rings. The number of nitrogens with two attached hydrogens (primary N) is 1. The third-order valence-electron chi connectivity index (χ3n) is 11.3. The molecule has 0 radical (unpaired) electrons. The van der Waals surface area contributed by atoms with E-state index in [2.05, 4.69) is 5.32 Å². The van der Waals surface area contributed by atoms with E-state index < -0.39 is 52.9 Å². The number of hydrogen-bond acceptors (Lipinski definition) is 10. The van der Waals surface area contributed by atoms with Crippen molar-refractivity contribution in [2.24, 2.45) is 0 Å². The molecule has 2 aliphatic heterocycles. The van der Waals surface area contributed by atoms with Crippen LogP contribution in [-0.4, -0.2) is 54.3 Å². The molecule has 0 aromatic heterocycles.